The molecule has 0 heterocycles. The topological polar surface area (TPSA) is 63.3 Å². The molecule has 2 aromatic carbocycles. The van der Waals surface area contributed by atoms with E-state index in [1.807, 2.05) is 36.4 Å². The fourth-order valence-electron chi connectivity index (χ4n) is 2.10. The number of primary amides is 1. The second kappa shape index (κ2) is 6.16. The first-order valence-corrected chi connectivity index (χ1v) is 6.96. The van der Waals surface area contributed by atoms with E-state index in [2.05, 4.69) is 22.6 Å². The molecular weight excluding hydrogens is 353 g/mol. The number of halogens is 1. The molecule has 19 heavy (non-hydrogen) atoms. The lowest BCUT2D eigenvalue weighted by Gasteiger charge is -2.17. The van der Waals surface area contributed by atoms with Crippen LogP contribution in [0, 0.1) is 3.57 Å². The van der Waals surface area contributed by atoms with Gasteiger partial charge in [-0.3, -0.25) is 4.79 Å². The number of carbonyl (C=O) groups is 1. The number of aliphatic hydroxyl groups excluding tert-OH is 1. The highest BCUT2D eigenvalue weighted by Gasteiger charge is 2.18. The minimum absolute atomic E-state index is 0.0646. The van der Waals surface area contributed by atoms with Crippen molar-refractivity contribution in [1.29, 1.82) is 0 Å². The molecule has 0 saturated carbocycles. The number of amides is 1. The number of hydrogen-bond acceptors (Lipinski definition) is 2. The average Bonchev–Trinajstić information content (AvgIpc) is 2.42. The van der Waals surface area contributed by atoms with E-state index in [1.54, 1.807) is 12.1 Å². The van der Waals surface area contributed by atoms with Gasteiger partial charge >= 0.3 is 0 Å². The Morgan fingerprint density at radius 3 is 2.37 bits per heavy atom. The molecule has 2 aromatic rings. The number of nitrogens with two attached hydrogens (primary N) is 1. The van der Waals surface area contributed by atoms with Crippen molar-refractivity contribution < 1.29 is 9.90 Å². The van der Waals surface area contributed by atoms with Gasteiger partial charge in [-0.05, 0) is 51.9 Å². The molecule has 0 bridgehead atoms. The van der Waals surface area contributed by atoms with Crippen molar-refractivity contribution in [1.82, 2.24) is 0 Å². The van der Waals surface area contributed by atoms with E-state index in [-0.39, 0.29) is 12.5 Å². The molecule has 98 valence electrons. The van der Waals surface area contributed by atoms with Gasteiger partial charge in [0.15, 0.2) is 0 Å². The largest absolute Gasteiger partial charge is 0.395 e. The van der Waals surface area contributed by atoms with Crippen LogP contribution in [-0.4, -0.2) is 17.6 Å². The SMILES string of the molecule is NC(=O)c1ccccc1C(CO)c1ccc(I)cc1. The average molecular weight is 367 g/mol. The number of aliphatic hydroxyl groups is 1. The van der Waals surface area contributed by atoms with Crippen LogP contribution in [0.2, 0.25) is 0 Å². The third-order valence-corrected chi connectivity index (χ3v) is 3.78. The van der Waals surface area contributed by atoms with Crippen molar-refractivity contribution in [2.75, 3.05) is 6.61 Å². The Morgan fingerprint density at radius 1 is 1.16 bits per heavy atom. The van der Waals surface area contributed by atoms with Crippen molar-refractivity contribution in [2.45, 2.75) is 5.92 Å². The van der Waals surface area contributed by atoms with E-state index >= 15 is 0 Å². The number of rotatable bonds is 4. The maximum Gasteiger partial charge on any atom is 0.249 e. The minimum atomic E-state index is -0.473. The highest BCUT2D eigenvalue weighted by molar-refractivity contribution is 14.1. The van der Waals surface area contributed by atoms with E-state index in [4.69, 9.17) is 5.73 Å². The lowest BCUT2D eigenvalue weighted by atomic mass is 9.88. The van der Waals surface area contributed by atoms with Gasteiger partial charge in [-0.25, -0.2) is 0 Å². The van der Waals surface area contributed by atoms with Crippen LogP contribution in [0.4, 0.5) is 0 Å². The normalized spacial score (nSPS) is 12.1. The summed E-state index contributed by atoms with van der Waals surface area (Å²) < 4.78 is 1.13. The predicted molar refractivity (Wildman–Crippen MR) is 83.0 cm³/mol. The first-order chi connectivity index (χ1) is 9.13. The van der Waals surface area contributed by atoms with Crippen molar-refractivity contribution >= 4 is 28.5 Å². The van der Waals surface area contributed by atoms with Gasteiger partial charge in [0, 0.05) is 15.1 Å². The Kier molecular flexibility index (Phi) is 4.55. The zero-order valence-electron chi connectivity index (χ0n) is 10.2. The maximum atomic E-state index is 11.5. The van der Waals surface area contributed by atoms with E-state index in [9.17, 15) is 9.90 Å². The molecule has 0 aliphatic heterocycles. The van der Waals surface area contributed by atoms with Gasteiger partial charge in [0.25, 0.3) is 0 Å². The van der Waals surface area contributed by atoms with Gasteiger partial charge in [-0.2, -0.15) is 0 Å². The van der Waals surface area contributed by atoms with Crippen molar-refractivity contribution in [2.24, 2.45) is 5.73 Å². The van der Waals surface area contributed by atoms with Gasteiger partial charge in [-0.1, -0.05) is 30.3 Å². The molecule has 4 heteroatoms. The van der Waals surface area contributed by atoms with Crippen LogP contribution in [0.3, 0.4) is 0 Å². The third kappa shape index (κ3) is 3.13. The summed E-state index contributed by atoms with van der Waals surface area (Å²) in [5.74, 6) is -0.708. The van der Waals surface area contributed by atoms with Gasteiger partial charge in [-0.15, -0.1) is 0 Å². The van der Waals surface area contributed by atoms with Crippen LogP contribution >= 0.6 is 22.6 Å². The van der Waals surface area contributed by atoms with Crippen LogP contribution < -0.4 is 5.73 Å². The molecule has 1 amide bonds. The molecule has 2 rings (SSSR count). The second-order valence-electron chi connectivity index (χ2n) is 4.24. The van der Waals surface area contributed by atoms with Crippen LogP contribution in [0.25, 0.3) is 0 Å². The summed E-state index contributed by atoms with van der Waals surface area (Å²) in [7, 11) is 0. The van der Waals surface area contributed by atoms with Gasteiger partial charge in [0.05, 0.1) is 6.61 Å². The smallest absolute Gasteiger partial charge is 0.249 e. The van der Waals surface area contributed by atoms with Gasteiger partial charge < -0.3 is 10.8 Å². The van der Waals surface area contributed by atoms with E-state index in [0.29, 0.717) is 5.56 Å². The highest BCUT2D eigenvalue weighted by atomic mass is 127. The van der Waals surface area contributed by atoms with Crippen molar-refractivity contribution in [3.8, 4) is 0 Å². The van der Waals surface area contributed by atoms with Gasteiger partial charge in [0.2, 0.25) is 5.91 Å². The molecular formula is C15H14INO2. The fourth-order valence-corrected chi connectivity index (χ4v) is 2.46. The van der Waals surface area contributed by atoms with E-state index < -0.39 is 5.91 Å². The first kappa shape index (κ1) is 14.0. The molecule has 0 saturated heterocycles. The van der Waals surface area contributed by atoms with Crippen LogP contribution in [0.1, 0.15) is 27.4 Å². The molecule has 0 aliphatic carbocycles. The summed E-state index contributed by atoms with van der Waals surface area (Å²) in [6.45, 7) is -0.0646. The molecule has 0 aromatic heterocycles. The molecule has 3 N–H and O–H groups in total. The monoisotopic (exact) mass is 367 g/mol. The Hall–Kier alpha value is -1.40. The fraction of sp³-hybridized carbons (Fsp3) is 0.133. The zero-order valence-corrected chi connectivity index (χ0v) is 12.4. The summed E-state index contributed by atoms with van der Waals surface area (Å²) in [5.41, 5.74) is 7.58. The van der Waals surface area contributed by atoms with E-state index in [0.717, 1.165) is 14.7 Å². The summed E-state index contributed by atoms with van der Waals surface area (Å²) in [4.78, 5) is 11.5. The quantitative estimate of drug-likeness (QED) is 0.816. The number of benzene rings is 2. The van der Waals surface area contributed by atoms with Crippen LogP contribution in [-0.2, 0) is 0 Å². The molecule has 1 unspecified atom stereocenters. The molecule has 0 radical (unpaired) electrons. The van der Waals surface area contributed by atoms with Crippen molar-refractivity contribution in [3.05, 3.63) is 68.8 Å². The van der Waals surface area contributed by atoms with Crippen molar-refractivity contribution in [3.63, 3.8) is 0 Å². The highest BCUT2D eigenvalue weighted by Crippen LogP contribution is 2.27. The Morgan fingerprint density at radius 2 is 1.79 bits per heavy atom. The second-order valence-corrected chi connectivity index (χ2v) is 5.48. The molecule has 0 fully saturated rings. The van der Waals surface area contributed by atoms with Gasteiger partial charge in [0.1, 0.15) is 0 Å². The molecule has 1 atom stereocenters. The zero-order chi connectivity index (χ0) is 13.8. The predicted octanol–water partition coefficient (Wildman–Crippen LogP) is 2.51. The summed E-state index contributed by atoms with van der Waals surface area (Å²) >= 11 is 2.23. The Balaban J connectivity index is 2.48. The minimum Gasteiger partial charge on any atom is -0.395 e. The standard InChI is InChI=1S/C15H14INO2/c16-11-7-5-10(6-8-11)14(9-18)12-3-1-2-4-13(12)15(17)19/h1-8,14,18H,9H2,(H2,17,19). The Bertz CT molecular complexity index is 581. The van der Waals surface area contributed by atoms with Crippen LogP contribution in [0.15, 0.2) is 48.5 Å². The number of hydrogen-bond donors (Lipinski definition) is 2. The molecule has 0 spiro atoms. The third-order valence-electron chi connectivity index (χ3n) is 3.06. The Labute approximate surface area is 125 Å². The lowest BCUT2D eigenvalue weighted by molar-refractivity contribution is 0.0999. The first-order valence-electron chi connectivity index (χ1n) is 5.88. The molecule has 0 aliphatic rings. The summed E-state index contributed by atoms with van der Waals surface area (Å²) in [6, 6.07) is 15.0. The van der Waals surface area contributed by atoms with E-state index in [1.165, 1.54) is 0 Å². The lowest BCUT2D eigenvalue weighted by Crippen LogP contribution is -2.17. The maximum absolute atomic E-state index is 11.5. The summed E-state index contributed by atoms with van der Waals surface area (Å²) in [5, 5.41) is 9.65. The number of carbonyl (C=O) groups excluding carboxylic acids is 1. The van der Waals surface area contributed by atoms with Crippen LogP contribution in [0.5, 0.6) is 0 Å². The summed E-state index contributed by atoms with van der Waals surface area (Å²) in [6.07, 6.45) is 0. The molecule has 3 nitrogen and oxygen atoms in total.